The minimum Gasteiger partial charge on any atom is -0.497 e. The van der Waals surface area contributed by atoms with E-state index in [0.29, 0.717) is 6.04 Å². The number of thioether (sulfide) groups is 1. The highest BCUT2D eigenvalue weighted by Crippen LogP contribution is 2.38. The molecule has 92 valence electrons. The Balaban J connectivity index is 1.87. The third kappa shape index (κ3) is 2.18. The van der Waals surface area contributed by atoms with E-state index in [4.69, 9.17) is 4.74 Å². The molecule has 1 heterocycles. The average Bonchev–Trinajstić information content (AvgIpc) is 2.47. The van der Waals surface area contributed by atoms with Gasteiger partial charge >= 0.3 is 0 Å². The smallest absolute Gasteiger partial charge is 0.119 e. The molecule has 0 radical (unpaired) electrons. The number of rotatable bonds is 2. The lowest BCUT2D eigenvalue weighted by Gasteiger charge is -2.27. The summed E-state index contributed by atoms with van der Waals surface area (Å²) in [7, 11) is 1.71. The molecule has 0 spiro atoms. The molecule has 0 aromatic heterocycles. The van der Waals surface area contributed by atoms with E-state index in [0.717, 1.165) is 11.5 Å². The van der Waals surface area contributed by atoms with E-state index in [2.05, 4.69) is 41.7 Å². The zero-order valence-corrected chi connectivity index (χ0v) is 11.0. The minimum absolute atomic E-state index is 0.347. The molecule has 2 nitrogen and oxygen atoms in total. The van der Waals surface area contributed by atoms with Gasteiger partial charge in [0.05, 0.1) is 13.2 Å². The van der Waals surface area contributed by atoms with Crippen molar-refractivity contribution in [2.75, 3.05) is 18.2 Å². The van der Waals surface area contributed by atoms with Gasteiger partial charge in [-0.05, 0) is 29.8 Å². The number of methoxy groups -OCH3 is 1. The lowest BCUT2D eigenvalue weighted by atomic mass is 10.1. The molecule has 3 heteroatoms. The normalized spacial score (nSPS) is 17.7. The minimum atomic E-state index is 0.347. The van der Waals surface area contributed by atoms with E-state index in [1.165, 1.54) is 16.1 Å². The van der Waals surface area contributed by atoms with Crippen LogP contribution in [0.5, 0.6) is 5.75 Å². The Hall–Kier alpha value is -1.61. The van der Waals surface area contributed by atoms with Gasteiger partial charge in [-0.1, -0.05) is 24.3 Å². The molecule has 2 aromatic carbocycles. The summed E-state index contributed by atoms with van der Waals surface area (Å²) >= 11 is 1.90. The van der Waals surface area contributed by atoms with Crippen LogP contribution in [0.2, 0.25) is 0 Å². The monoisotopic (exact) mass is 257 g/mol. The van der Waals surface area contributed by atoms with Gasteiger partial charge in [0.15, 0.2) is 0 Å². The van der Waals surface area contributed by atoms with E-state index < -0.39 is 0 Å². The van der Waals surface area contributed by atoms with E-state index in [1.54, 1.807) is 7.11 Å². The molecule has 0 aliphatic carbocycles. The quantitative estimate of drug-likeness (QED) is 0.880. The maximum absolute atomic E-state index is 5.28. The van der Waals surface area contributed by atoms with Gasteiger partial charge in [-0.25, -0.2) is 0 Å². The van der Waals surface area contributed by atoms with Crippen LogP contribution in [0.4, 0.5) is 5.69 Å². The third-order valence-electron chi connectivity index (χ3n) is 3.12. The van der Waals surface area contributed by atoms with Gasteiger partial charge in [0.2, 0.25) is 0 Å². The van der Waals surface area contributed by atoms with Crippen molar-refractivity contribution in [1.29, 1.82) is 0 Å². The molecule has 0 fully saturated rings. The van der Waals surface area contributed by atoms with Crippen molar-refractivity contribution in [3.8, 4) is 5.75 Å². The van der Waals surface area contributed by atoms with Crippen LogP contribution in [-0.2, 0) is 0 Å². The Morgan fingerprint density at radius 1 is 1.17 bits per heavy atom. The molecule has 0 unspecified atom stereocenters. The molecule has 3 rings (SSSR count). The predicted molar refractivity (Wildman–Crippen MR) is 76.5 cm³/mol. The summed E-state index contributed by atoms with van der Waals surface area (Å²) in [6.45, 7) is 0. The number of anilines is 1. The van der Waals surface area contributed by atoms with Crippen molar-refractivity contribution in [2.24, 2.45) is 0 Å². The van der Waals surface area contributed by atoms with Crippen molar-refractivity contribution in [2.45, 2.75) is 10.9 Å². The highest BCUT2D eigenvalue weighted by atomic mass is 32.2. The lowest BCUT2D eigenvalue weighted by molar-refractivity contribution is 0.414. The summed E-state index contributed by atoms with van der Waals surface area (Å²) < 4.78 is 5.28. The van der Waals surface area contributed by atoms with Crippen LogP contribution < -0.4 is 10.1 Å². The van der Waals surface area contributed by atoms with Gasteiger partial charge < -0.3 is 10.1 Å². The largest absolute Gasteiger partial charge is 0.497 e. The molecule has 0 amide bonds. The molecule has 18 heavy (non-hydrogen) atoms. The molecule has 1 N–H and O–H groups in total. The number of hydrogen-bond acceptors (Lipinski definition) is 3. The zero-order chi connectivity index (χ0) is 12.4. The SMILES string of the molecule is COc1cccc([C@H]2CSc3ccccc3N2)c1. The summed E-state index contributed by atoms with van der Waals surface area (Å²) in [4.78, 5) is 1.33. The molecule has 1 aliphatic heterocycles. The highest BCUT2D eigenvalue weighted by molar-refractivity contribution is 7.99. The summed E-state index contributed by atoms with van der Waals surface area (Å²) in [6.07, 6.45) is 0. The Labute approximate surface area is 111 Å². The van der Waals surface area contributed by atoms with Crippen molar-refractivity contribution >= 4 is 17.4 Å². The zero-order valence-electron chi connectivity index (χ0n) is 10.2. The first-order valence-corrected chi connectivity index (χ1v) is 6.98. The van der Waals surface area contributed by atoms with Crippen molar-refractivity contribution in [1.82, 2.24) is 0 Å². The molecule has 2 aromatic rings. The highest BCUT2D eigenvalue weighted by Gasteiger charge is 2.19. The van der Waals surface area contributed by atoms with Crippen LogP contribution in [0.15, 0.2) is 53.4 Å². The van der Waals surface area contributed by atoms with Gasteiger partial charge in [0.1, 0.15) is 5.75 Å². The van der Waals surface area contributed by atoms with Crippen molar-refractivity contribution < 1.29 is 4.74 Å². The first kappa shape index (κ1) is 11.5. The van der Waals surface area contributed by atoms with E-state index in [1.807, 2.05) is 23.9 Å². The summed E-state index contributed by atoms with van der Waals surface area (Å²) in [6, 6.07) is 17.1. The van der Waals surface area contributed by atoms with Gasteiger partial charge in [0, 0.05) is 16.3 Å². The Morgan fingerprint density at radius 2 is 2.06 bits per heavy atom. The predicted octanol–water partition coefficient (Wildman–Crippen LogP) is 3.95. The van der Waals surface area contributed by atoms with Gasteiger partial charge in [-0.3, -0.25) is 0 Å². The third-order valence-corrected chi connectivity index (χ3v) is 4.29. The van der Waals surface area contributed by atoms with Crippen LogP contribution in [-0.4, -0.2) is 12.9 Å². The fourth-order valence-corrected chi connectivity index (χ4v) is 3.23. The summed E-state index contributed by atoms with van der Waals surface area (Å²) in [5, 5.41) is 3.59. The number of benzene rings is 2. The number of ether oxygens (including phenoxy) is 1. The van der Waals surface area contributed by atoms with E-state index >= 15 is 0 Å². The van der Waals surface area contributed by atoms with Crippen LogP contribution in [0.1, 0.15) is 11.6 Å². The maximum Gasteiger partial charge on any atom is 0.119 e. The fourth-order valence-electron chi connectivity index (χ4n) is 2.15. The van der Waals surface area contributed by atoms with Crippen LogP contribution in [0.3, 0.4) is 0 Å². The first-order chi connectivity index (χ1) is 8.86. The number of fused-ring (bicyclic) bond motifs is 1. The number of nitrogens with one attached hydrogen (secondary N) is 1. The van der Waals surface area contributed by atoms with E-state index in [-0.39, 0.29) is 0 Å². The fraction of sp³-hybridized carbons (Fsp3) is 0.200. The molecule has 1 atom stereocenters. The van der Waals surface area contributed by atoms with Crippen molar-refractivity contribution in [3.63, 3.8) is 0 Å². The lowest BCUT2D eigenvalue weighted by Crippen LogP contribution is -2.17. The maximum atomic E-state index is 5.28. The summed E-state index contributed by atoms with van der Waals surface area (Å²) in [5.74, 6) is 1.96. The van der Waals surface area contributed by atoms with Crippen LogP contribution in [0.25, 0.3) is 0 Å². The van der Waals surface area contributed by atoms with Crippen LogP contribution >= 0.6 is 11.8 Å². The molecule has 0 bridgehead atoms. The molecule has 1 aliphatic rings. The number of para-hydroxylation sites is 1. The Bertz CT molecular complexity index is 556. The molecule has 0 saturated carbocycles. The van der Waals surface area contributed by atoms with Crippen molar-refractivity contribution in [3.05, 3.63) is 54.1 Å². The average molecular weight is 257 g/mol. The Kier molecular flexibility index (Phi) is 3.15. The second-order valence-corrected chi connectivity index (χ2v) is 5.34. The number of hydrogen-bond donors (Lipinski definition) is 1. The first-order valence-electron chi connectivity index (χ1n) is 5.99. The topological polar surface area (TPSA) is 21.3 Å². The standard InChI is InChI=1S/C15H15NOS/c1-17-12-6-4-5-11(9-12)14-10-18-15-8-3-2-7-13(15)16-14/h2-9,14,16H,10H2,1H3/t14-/m1/s1. The van der Waals surface area contributed by atoms with Gasteiger partial charge in [-0.2, -0.15) is 0 Å². The van der Waals surface area contributed by atoms with Gasteiger partial charge in [0.25, 0.3) is 0 Å². The second-order valence-electron chi connectivity index (χ2n) is 4.28. The van der Waals surface area contributed by atoms with Gasteiger partial charge in [-0.15, -0.1) is 11.8 Å². The molecular weight excluding hydrogens is 242 g/mol. The molecule has 0 saturated heterocycles. The van der Waals surface area contributed by atoms with E-state index in [9.17, 15) is 0 Å². The Morgan fingerprint density at radius 3 is 2.94 bits per heavy atom. The second kappa shape index (κ2) is 4.94. The summed E-state index contributed by atoms with van der Waals surface area (Å²) in [5.41, 5.74) is 2.50. The van der Waals surface area contributed by atoms with Crippen LogP contribution in [0, 0.1) is 0 Å². The molecular formula is C15H15NOS.